The SMILES string of the molecule is CC(C)(C)OC(=O)N1CC2(CCCC2)C1C(=O)ON1C(=O)c2ccccc2C1=O. The van der Waals surface area contributed by atoms with Gasteiger partial charge in [0.15, 0.2) is 0 Å². The van der Waals surface area contributed by atoms with Gasteiger partial charge in [0.25, 0.3) is 11.8 Å². The molecule has 1 spiro atoms. The number of hydrogen-bond donors (Lipinski definition) is 0. The summed E-state index contributed by atoms with van der Waals surface area (Å²) in [6, 6.07) is 5.43. The summed E-state index contributed by atoms with van der Waals surface area (Å²) in [5.41, 5.74) is -0.698. The summed E-state index contributed by atoms with van der Waals surface area (Å²) in [4.78, 5) is 57.3. The first kappa shape index (κ1) is 19.4. The van der Waals surface area contributed by atoms with E-state index in [0.29, 0.717) is 11.6 Å². The fourth-order valence-electron chi connectivity index (χ4n) is 4.50. The van der Waals surface area contributed by atoms with Crippen LogP contribution in [0, 0.1) is 5.41 Å². The molecule has 0 bridgehead atoms. The number of carbonyl (C=O) groups is 4. The zero-order valence-corrected chi connectivity index (χ0v) is 16.8. The summed E-state index contributed by atoms with van der Waals surface area (Å²) in [6.07, 6.45) is 2.89. The van der Waals surface area contributed by atoms with Crippen molar-refractivity contribution in [1.82, 2.24) is 9.96 Å². The molecule has 3 aliphatic rings. The number of rotatable bonds is 2. The van der Waals surface area contributed by atoms with E-state index in [1.54, 1.807) is 32.9 Å². The first-order valence-electron chi connectivity index (χ1n) is 9.82. The summed E-state index contributed by atoms with van der Waals surface area (Å²) in [5.74, 6) is -2.14. The third-order valence-electron chi connectivity index (χ3n) is 5.77. The maximum atomic E-state index is 13.0. The topological polar surface area (TPSA) is 93.2 Å². The molecular weight excluding hydrogens is 376 g/mol. The van der Waals surface area contributed by atoms with E-state index in [9.17, 15) is 19.2 Å². The van der Waals surface area contributed by atoms with Gasteiger partial charge in [-0.3, -0.25) is 14.5 Å². The Labute approximate surface area is 168 Å². The van der Waals surface area contributed by atoms with Crippen molar-refractivity contribution < 1.29 is 28.8 Å². The van der Waals surface area contributed by atoms with Gasteiger partial charge in [0.1, 0.15) is 11.6 Å². The van der Waals surface area contributed by atoms with E-state index >= 15 is 0 Å². The van der Waals surface area contributed by atoms with Crippen LogP contribution < -0.4 is 0 Å². The lowest BCUT2D eigenvalue weighted by Gasteiger charge is -2.53. The Morgan fingerprint density at radius 1 is 1.03 bits per heavy atom. The number of hydrogen-bond acceptors (Lipinski definition) is 6. The number of ether oxygens (including phenoxy) is 1. The van der Waals surface area contributed by atoms with Gasteiger partial charge in [-0.1, -0.05) is 30.0 Å². The van der Waals surface area contributed by atoms with E-state index < -0.39 is 35.5 Å². The van der Waals surface area contributed by atoms with E-state index in [4.69, 9.17) is 9.57 Å². The minimum Gasteiger partial charge on any atom is -0.444 e. The molecule has 2 aliphatic heterocycles. The van der Waals surface area contributed by atoms with Crippen LogP contribution in [0.3, 0.4) is 0 Å². The second kappa shape index (κ2) is 6.57. The molecule has 1 aromatic carbocycles. The van der Waals surface area contributed by atoms with Crippen molar-refractivity contribution in [2.45, 2.75) is 58.1 Å². The van der Waals surface area contributed by atoms with E-state index in [1.165, 1.54) is 17.0 Å². The Kier molecular flexibility index (Phi) is 4.40. The van der Waals surface area contributed by atoms with Gasteiger partial charge in [-0.25, -0.2) is 9.59 Å². The standard InChI is InChI=1S/C21H24N2O6/c1-20(2,3)28-19(27)22-12-21(10-6-7-11-21)15(22)18(26)29-23-16(24)13-8-4-5-9-14(13)17(23)25/h4-5,8-9,15H,6-7,10-12H2,1-3H3. The molecule has 1 saturated carbocycles. The van der Waals surface area contributed by atoms with E-state index in [-0.39, 0.29) is 16.5 Å². The molecule has 0 aromatic heterocycles. The second-order valence-electron chi connectivity index (χ2n) is 8.94. The number of imide groups is 1. The summed E-state index contributed by atoms with van der Waals surface area (Å²) in [7, 11) is 0. The molecule has 8 heteroatoms. The Balaban J connectivity index is 1.54. The fourth-order valence-corrected chi connectivity index (χ4v) is 4.50. The van der Waals surface area contributed by atoms with Gasteiger partial charge in [-0.05, 0) is 45.7 Å². The number of amides is 3. The number of benzene rings is 1. The molecule has 4 rings (SSSR count). The van der Waals surface area contributed by atoms with Gasteiger partial charge < -0.3 is 9.57 Å². The van der Waals surface area contributed by atoms with Crippen LogP contribution in [0.15, 0.2) is 24.3 Å². The third kappa shape index (κ3) is 3.16. The van der Waals surface area contributed by atoms with Crippen LogP contribution in [0.1, 0.15) is 67.2 Å². The van der Waals surface area contributed by atoms with Crippen molar-refractivity contribution in [3.05, 3.63) is 35.4 Å². The molecule has 1 saturated heterocycles. The number of likely N-dealkylation sites (tertiary alicyclic amines) is 1. The van der Waals surface area contributed by atoms with Crippen molar-refractivity contribution in [2.24, 2.45) is 5.41 Å². The molecule has 0 radical (unpaired) electrons. The van der Waals surface area contributed by atoms with Gasteiger partial charge >= 0.3 is 12.1 Å². The summed E-state index contributed by atoms with van der Waals surface area (Å²) in [6.45, 7) is 5.66. The van der Waals surface area contributed by atoms with Crippen LogP contribution in [0.25, 0.3) is 0 Å². The largest absolute Gasteiger partial charge is 0.444 e. The van der Waals surface area contributed by atoms with E-state index in [0.717, 1.165) is 25.7 Å². The number of carbonyl (C=O) groups excluding carboxylic acids is 4. The van der Waals surface area contributed by atoms with Gasteiger partial charge in [-0.2, -0.15) is 0 Å². The predicted molar refractivity (Wildman–Crippen MR) is 101 cm³/mol. The predicted octanol–water partition coefficient (Wildman–Crippen LogP) is 2.92. The Morgan fingerprint density at radius 2 is 1.59 bits per heavy atom. The van der Waals surface area contributed by atoms with Gasteiger partial charge in [0.05, 0.1) is 11.1 Å². The molecule has 1 unspecified atom stereocenters. The monoisotopic (exact) mass is 400 g/mol. The molecule has 2 fully saturated rings. The van der Waals surface area contributed by atoms with Crippen molar-refractivity contribution in [3.8, 4) is 0 Å². The van der Waals surface area contributed by atoms with Crippen LogP contribution in [0.4, 0.5) is 4.79 Å². The molecule has 8 nitrogen and oxygen atoms in total. The molecule has 0 N–H and O–H groups in total. The van der Waals surface area contributed by atoms with Gasteiger partial charge in [-0.15, -0.1) is 0 Å². The average molecular weight is 400 g/mol. The molecule has 2 heterocycles. The van der Waals surface area contributed by atoms with Crippen molar-refractivity contribution in [2.75, 3.05) is 6.54 Å². The molecule has 1 aliphatic carbocycles. The number of hydroxylamine groups is 2. The first-order chi connectivity index (χ1) is 13.6. The number of nitrogens with zero attached hydrogens (tertiary/aromatic N) is 2. The maximum Gasteiger partial charge on any atom is 0.411 e. The summed E-state index contributed by atoms with van der Waals surface area (Å²) in [5, 5.41) is 0.501. The summed E-state index contributed by atoms with van der Waals surface area (Å²) >= 11 is 0. The molecule has 154 valence electrons. The van der Waals surface area contributed by atoms with Crippen LogP contribution >= 0.6 is 0 Å². The number of fused-ring (bicyclic) bond motifs is 1. The molecule has 3 amide bonds. The van der Waals surface area contributed by atoms with Crippen LogP contribution in [0.5, 0.6) is 0 Å². The molecule has 29 heavy (non-hydrogen) atoms. The van der Waals surface area contributed by atoms with E-state index in [1.807, 2.05) is 0 Å². The Bertz CT molecular complexity index is 862. The highest BCUT2D eigenvalue weighted by atomic mass is 16.7. The van der Waals surface area contributed by atoms with Gasteiger partial charge in [0.2, 0.25) is 0 Å². The van der Waals surface area contributed by atoms with E-state index in [2.05, 4.69) is 0 Å². The normalized spacial score (nSPS) is 22.5. The quantitative estimate of drug-likeness (QED) is 0.709. The Morgan fingerprint density at radius 3 is 2.10 bits per heavy atom. The second-order valence-corrected chi connectivity index (χ2v) is 8.94. The zero-order chi connectivity index (χ0) is 21.0. The highest BCUT2D eigenvalue weighted by Gasteiger charge is 2.61. The fraction of sp³-hybridized carbons (Fsp3) is 0.524. The average Bonchev–Trinajstić information content (AvgIpc) is 3.20. The molecule has 1 aromatic rings. The third-order valence-corrected chi connectivity index (χ3v) is 5.77. The lowest BCUT2D eigenvalue weighted by molar-refractivity contribution is -0.192. The summed E-state index contributed by atoms with van der Waals surface area (Å²) < 4.78 is 5.42. The minimum atomic E-state index is -0.871. The van der Waals surface area contributed by atoms with Crippen molar-refractivity contribution in [1.29, 1.82) is 0 Å². The van der Waals surface area contributed by atoms with Gasteiger partial charge in [0, 0.05) is 12.0 Å². The zero-order valence-electron chi connectivity index (χ0n) is 16.8. The maximum absolute atomic E-state index is 13.0. The smallest absolute Gasteiger partial charge is 0.411 e. The van der Waals surface area contributed by atoms with Crippen LogP contribution in [-0.2, 0) is 14.4 Å². The van der Waals surface area contributed by atoms with Crippen LogP contribution in [-0.4, -0.2) is 52.0 Å². The lowest BCUT2D eigenvalue weighted by Crippen LogP contribution is -2.69. The molecular formula is C21H24N2O6. The lowest BCUT2D eigenvalue weighted by atomic mass is 9.70. The van der Waals surface area contributed by atoms with Crippen LogP contribution in [0.2, 0.25) is 0 Å². The first-order valence-corrected chi connectivity index (χ1v) is 9.82. The van der Waals surface area contributed by atoms with Crippen molar-refractivity contribution in [3.63, 3.8) is 0 Å². The highest BCUT2D eigenvalue weighted by molar-refractivity contribution is 6.21. The minimum absolute atomic E-state index is 0.193. The molecule has 1 atom stereocenters. The Hall–Kier alpha value is -2.90. The van der Waals surface area contributed by atoms with Crippen molar-refractivity contribution >= 4 is 23.9 Å². The highest BCUT2D eigenvalue weighted by Crippen LogP contribution is 2.51.